The van der Waals surface area contributed by atoms with Gasteiger partial charge in [-0.05, 0) is 31.4 Å². The lowest BCUT2D eigenvalue weighted by Crippen LogP contribution is -2.38. The monoisotopic (exact) mass is 355 g/mol. The zero-order valence-corrected chi connectivity index (χ0v) is 14.5. The molecule has 0 bridgehead atoms. The van der Waals surface area contributed by atoms with Gasteiger partial charge in [0.1, 0.15) is 5.75 Å². The molecule has 1 atom stereocenters. The summed E-state index contributed by atoms with van der Waals surface area (Å²) < 4.78 is 32.9. The Morgan fingerprint density at radius 2 is 1.88 bits per heavy atom. The van der Waals surface area contributed by atoms with Crippen molar-refractivity contribution < 1.29 is 27.5 Å². The Bertz CT molecular complexity index is 708. The van der Waals surface area contributed by atoms with Gasteiger partial charge in [-0.25, -0.2) is 13.2 Å². The SMILES string of the molecule is Cc1cccc(C)c1OCC(=O)OCC(=O)NC1CCS(=O)(=O)C1. The minimum atomic E-state index is -3.06. The number of aryl methyl sites for hydroxylation is 2. The van der Waals surface area contributed by atoms with Crippen molar-refractivity contribution in [3.63, 3.8) is 0 Å². The second-order valence-electron chi connectivity index (χ2n) is 5.84. The molecule has 0 saturated carbocycles. The van der Waals surface area contributed by atoms with Gasteiger partial charge in [-0.1, -0.05) is 18.2 Å². The van der Waals surface area contributed by atoms with E-state index in [0.717, 1.165) is 11.1 Å². The molecule has 1 aliphatic rings. The van der Waals surface area contributed by atoms with Crippen LogP contribution >= 0.6 is 0 Å². The molecule has 0 aromatic heterocycles. The van der Waals surface area contributed by atoms with Crippen molar-refractivity contribution in [1.82, 2.24) is 5.32 Å². The molecule has 0 spiro atoms. The Kier molecular flexibility index (Phi) is 5.82. The molecule has 1 aromatic carbocycles. The van der Waals surface area contributed by atoms with E-state index in [-0.39, 0.29) is 18.1 Å². The van der Waals surface area contributed by atoms with Gasteiger partial charge in [0.05, 0.1) is 11.5 Å². The molecular formula is C16H21NO6S. The van der Waals surface area contributed by atoms with Crippen LogP contribution in [0.1, 0.15) is 17.5 Å². The third-order valence-corrected chi connectivity index (χ3v) is 5.47. The van der Waals surface area contributed by atoms with Crippen molar-refractivity contribution in [1.29, 1.82) is 0 Å². The van der Waals surface area contributed by atoms with Crippen LogP contribution in [0.5, 0.6) is 5.75 Å². The molecular weight excluding hydrogens is 334 g/mol. The highest BCUT2D eigenvalue weighted by Crippen LogP contribution is 2.22. The summed E-state index contributed by atoms with van der Waals surface area (Å²) in [5.41, 5.74) is 1.81. The van der Waals surface area contributed by atoms with Crippen LogP contribution in [0.2, 0.25) is 0 Å². The first-order chi connectivity index (χ1) is 11.3. The molecule has 1 fully saturated rings. The van der Waals surface area contributed by atoms with Crippen LogP contribution in [0.3, 0.4) is 0 Å². The van der Waals surface area contributed by atoms with Gasteiger partial charge in [0.25, 0.3) is 5.91 Å². The summed E-state index contributed by atoms with van der Waals surface area (Å²) in [4.78, 5) is 23.3. The quantitative estimate of drug-likeness (QED) is 0.748. The van der Waals surface area contributed by atoms with E-state index in [1.807, 2.05) is 32.0 Å². The van der Waals surface area contributed by atoms with Crippen LogP contribution < -0.4 is 10.1 Å². The van der Waals surface area contributed by atoms with E-state index in [1.54, 1.807) is 0 Å². The molecule has 8 heteroatoms. The molecule has 0 radical (unpaired) electrons. The summed E-state index contributed by atoms with van der Waals surface area (Å²) in [6.45, 7) is 3.00. The summed E-state index contributed by atoms with van der Waals surface area (Å²) in [6.07, 6.45) is 0.387. The Balaban J connectivity index is 1.72. The van der Waals surface area contributed by atoms with Crippen LogP contribution in [0.25, 0.3) is 0 Å². The van der Waals surface area contributed by atoms with E-state index in [4.69, 9.17) is 9.47 Å². The lowest BCUT2D eigenvalue weighted by Gasteiger charge is -2.13. The first kappa shape index (κ1) is 18.3. The highest BCUT2D eigenvalue weighted by Gasteiger charge is 2.29. The highest BCUT2D eigenvalue weighted by molar-refractivity contribution is 7.91. The number of sulfone groups is 1. The minimum absolute atomic E-state index is 0.0671. The van der Waals surface area contributed by atoms with E-state index in [9.17, 15) is 18.0 Å². The number of benzene rings is 1. The fourth-order valence-corrected chi connectivity index (χ4v) is 4.20. The first-order valence-electron chi connectivity index (χ1n) is 7.61. The average Bonchev–Trinajstić information content (AvgIpc) is 2.83. The third kappa shape index (κ3) is 5.23. The molecule has 1 heterocycles. The number of para-hydroxylation sites is 1. The number of nitrogens with one attached hydrogen (secondary N) is 1. The number of hydrogen-bond acceptors (Lipinski definition) is 6. The lowest BCUT2D eigenvalue weighted by molar-refractivity contribution is -0.150. The molecule has 132 valence electrons. The summed E-state index contributed by atoms with van der Waals surface area (Å²) in [5, 5.41) is 2.55. The number of carbonyl (C=O) groups excluding carboxylic acids is 2. The predicted octanol–water partition coefficient (Wildman–Crippen LogP) is 0.529. The van der Waals surface area contributed by atoms with Crippen molar-refractivity contribution in [3.8, 4) is 5.75 Å². The number of rotatable bonds is 6. The van der Waals surface area contributed by atoms with Gasteiger partial charge in [-0.3, -0.25) is 4.79 Å². The van der Waals surface area contributed by atoms with Crippen molar-refractivity contribution in [3.05, 3.63) is 29.3 Å². The van der Waals surface area contributed by atoms with E-state index in [2.05, 4.69) is 5.32 Å². The number of carbonyl (C=O) groups is 2. The zero-order valence-electron chi connectivity index (χ0n) is 13.7. The van der Waals surface area contributed by atoms with Crippen molar-refractivity contribution >= 4 is 21.7 Å². The van der Waals surface area contributed by atoms with Crippen LogP contribution in [0.15, 0.2) is 18.2 Å². The molecule has 7 nitrogen and oxygen atoms in total. The van der Waals surface area contributed by atoms with Gasteiger partial charge in [-0.2, -0.15) is 0 Å². The number of ether oxygens (including phenoxy) is 2. The molecule has 0 aliphatic carbocycles. The van der Waals surface area contributed by atoms with Gasteiger partial charge in [-0.15, -0.1) is 0 Å². The molecule has 2 rings (SSSR count). The Labute approximate surface area is 141 Å². The fraction of sp³-hybridized carbons (Fsp3) is 0.500. The van der Waals surface area contributed by atoms with Gasteiger partial charge >= 0.3 is 5.97 Å². The van der Waals surface area contributed by atoms with Gasteiger partial charge in [0.2, 0.25) is 0 Å². The standard InChI is InChI=1S/C16H21NO6S/c1-11-4-3-5-12(2)16(11)23-9-15(19)22-8-14(18)17-13-6-7-24(20,21)10-13/h3-5,13H,6-10H2,1-2H3,(H,17,18). The smallest absolute Gasteiger partial charge is 0.344 e. The zero-order chi connectivity index (χ0) is 17.7. The molecule has 1 amide bonds. The second-order valence-corrected chi connectivity index (χ2v) is 8.07. The van der Waals surface area contributed by atoms with E-state index in [0.29, 0.717) is 12.2 Å². The summed E-state index contributed by atoms with van der Waals surface area (Å²) in [5.74, 6) is -0.552. The van der Waals surface area contributed by atoms with Crippen LogP contribution in [0.4, 0.5) is 0 Å². The molecule has 1 aromatic rings. The van der Waals surface area contributed by atoms with Crippen LogP contribution in [-0.2, 0) is 24.2 Å². The molecule has 1 N–H and O–H groups in total. The first-order valence-corrected chi connectivity index (χ1v) is 9.43. The van der Waals surface area contributed by atoms with Crippen LogP contribution in [0, 0.1) is 13.8 Å². The minimum Gasteiger partial charge on any atom is -0.481 e. The van der Waals surface area contributed by atoms with Crippen molar-refractivity contribution in [2.45, 2.75) is 26.3 Å². The van der Waals surface area contributed by atoms with E-state index >= 15 is 0 Å². The number of esters is 1. The Morgan fingerprint density at radius 1 is 1.21 bits per heavy atom. The molecule has 1 saturated heterocycles. The Hall–Kier alpha value is -2.09. The average molecular weight is 355 g/mol. The topological polar surface area (TPSA) is 98.8 Å². The summed E-state index contributed by atoms with van der Waals surface area (Å²) >= 11 is 0. The molecule has 1 unspecified atom stereocenters. The van der Waals surface area contributed by atoms with Crippen LogP contribution in [-0.4, -0.2) is 51.1 Å². The van der Waals surface area contributed by atoms with Gasteiger partial charge in [0.15, 0.2) is 23.1 Å². The third-order valence-electron chi connectivity index (χ3n) is 3.70. The van der Waals surface area contributed by atoms with E-state index in [1.165, 1.54) is 0 Å². The maximum Gasteiger partial charge on any atom is 0.344 e. The Morgan fingerprint density at radius 3 is 2.46 bits per heavy atom. The predicted molar refractivity (Wildman–Crippen MR) is 87.6 cm³/mol. The fourth-order valence-electron chi connectivity index (χ4n) is 2.52. The van der Waals surface area contributed by atoms with Crippen molar-refractivity contribution in [2.24, 2.45) is 0 Å². The summed E-state index contributed by atoms with van der Waals surface area (Å²) in [6, 6.07) is 5.23. The molecule has 24 heavy (non-hydrogen) atoms. The van der Waals surface area contributed by atoms with Gasteiger partial charge < -0.3 is 14.8 Å². The second kappa shape index (κ2) is 7.65. The number of amides is 1. The number of hydrogen-bond donors (Lipinski definition) is 1. The molecule has 1 aliphatic heterocycles. The maximum absolute atomic E-state index is 11.7. The largest absolute Gasteiger partial charge is 0.481 e. The highest BCUT2D eigenvalue weighted by atomic mass is 32.2. The lowest BCUT2D eigenvalue weighted by atomic mass is 10.1. The maximum atomic E-state index is 11.7. The van der Waals surface area contributed by atoms with E-state index < -0.39 is 34.4 Å². The summed E-state index contributed by atoms with van der Waals surface area (Å²) in [7, 11) is -3.06. The normalized spacial score (nSPS) is 18.8. The van der Waals surface area contributed by atoms with Gasteiger partial charge in [0, 0.05) is 6.04 Å². The van der Waals surface area contributed by atoms with Crippen molar-refractivity contribution in [2.75, 3.05) is 24.7 Å².